The smallest absolute Gasteiger partial charge is 0.262 e. The van der Waals surface area contributed by atoms with Gasteiger partial charge in [-0.3, -0.25) is 4.79 Å². The van der Waals surface area contributed by atoms with Gasteiger partial charge in [0.25, 0.3) is 5.91 Å². The van der Waals surface area contributed by atoms with Crippen LogP contribution in [0.3, 0.4) is 0 Å². The number of anilines is 2. The molecule has 0 aliphatic carbocycles. The topological polar surface area (TPSA) is 59.6 Å². The van der Waals surface area contributed by atoms with Crippen LogP contribution in [0.25, 0.3) is 0 Å². The van der Waals surface area contributed by atoms with Crippen LogP contribution in [-0.4, -0.2) is 19.1 Å². The Hall–Kier alpha value is -3.18. The fourth-order valence-electron chi connectivity index (χ4n) is 3.11. The molecule has 0 spiro atoms. The van der Waals surface area contributed by atoms with Crippen molar-refractivity contribution >= 4 is 28.9 Å². The highest BCUT2D eigenvalue weighted by atomic mass is 35.5. The number of carbonyl (C=O) groups is 1. The molecule has 0 saturated heterocycles. The molecule has 3 aromatic carbocycles. The summed E-state index contributed by atoms with van der Waals surface area (Å²) in [6, 6.07) is 19.2. The maximum Gasteiger partial charge on any atom is 0.262 e. The largest absolute Gasteiger partial charge is 0.490 e. The van der Waals surface area contributed by atoms with E-state index in [-0.39, 0.29) is 12.5 Å². The summed E-state index contributed by atoms with van der Waals surface area (Å²) < 4.78 is 11.5. The lowest BCUT2D eigenvalue weighted by atomic mass is 10.1. The first-order valence-electron chi connectivity index (χ1n) is 10.2. The van der Waals surface area contributed by atoms with Crippen LogP contribution < -0.4 is 20.1 Å². The lowest BCUT2D eigenvalue weighted by Gasteiger charge is -2.16. The minimum absolute atomic E-state index is 0.172. The SMILES string of the molecule is CCOc1cc(CNc2cc(C)ccc2C)cc(Cl)c1OCC(=O)Nc1ccccc1. The summed E-state index contributed by atoms with van der Waals surface area (Å²) in [5.41, 5.74) is 5.10. The summed E-state index contributed by atoms with van der Waals surface area (Å²) in [4.78, 5) is 12.2. The van der Waals surface area contributed by atoms with Crippen LogP contribution in [0.4, 0.5) is 11.4 Å². The molecular formula is C25H27ClN2O3. The van der Waals surface area contributed by atoms with E-state index in [2.05, 4.69) is 42.7 Å². The van der Waals surface area contributed by atoms with E-state index in [1.807, 2.05) is 49.4 Å². The lowest BCUT2D eigenvalue weighted by molar-refractivity contribution is -0.118. The second-order valence-corrected chi connectivity index (χ2v) is 7.62. The van der Waals surface area contributed by atoms with Crippen molar-refractivity contribution in [1.29, 1.82) is 0 Å². The van der Waals surface area contributed by atoms with Gasteiger partial charge in [-0.2, -0.15) is 0 Å². The molecule has 0 radical (unpaired) electrons. The van der Waals surface area contributed by atoms with E-state index in [4.69, 9.17) is 21.1 Å². The Morgan fingerprint density at radius 1 is 1.00 bits per heavy atom. The number of para-hydroxylation sites is 1. The molecule has 0 saturated carbocycles. The predicted molar refractivity (Wildman–Crippen MR) is 126 cm³/mol. The number of hydrogen-bond acceptors (Lipinski definition) is 4. The molecule has 3 rings (SSSR count). The number of halogens is 1. The zero-order chi connectivity index (χ0) is 22.2. The molecule has 31 heavy (non-hydrogen) atoms. The van der Waals surface area contributed by atoms with Gasteiger partial charge < -0.3 is 20.1 Å². The fourth-order valence-corrected chi connectivity index (χ4v) is 3.39. The van der Waals surface area contributed by atoms with Crippen LogP contribution in [0.2, 0.25) is 5.02 Å². The van der Waals surface area contributed by atoms with E-state index in [9.17, 15) is 4.79 Å². The van der Waals surface area contributed by atoms with Crippen molar-refractivity contribution < 1.29 is 14.3 Å². The normalized spacial score (nSPS) is 10.5. The Kier molecular flexibility index (Phi) is 7.79. The molecule has 162 valence electrons. The third-order valence-corrected chi connectivity index (χ3v) is 4.93. The van der Waals surface area contributed by atoms with Gasteiger partial charge in [0, 0.05) is 17.9 Å². The van der Waals surface area contributed by atoms with E-state index in [1.165, 1.54) is 11.1 Å². The standard InChI is InChI=1S/C25H27ClN2O3/c1-4-30-23-14-19(15-27-22-12-17(2)10-11-18(22)3)13-21(26)25(23)31-16-24(29)28-20-8-6-5-7-9-20/h5-14,27H,4,15-16H2,1-3H3,(H,28,29). The van der Waals surface area contributed by atoms with Gasteiger partial charge in [0.15, 0.2) is 18.1 Å². The number of nitrogens with one attached hydrogen (secondary N) is 2. The average molecular weight is 439 g/mol. The van der Waals surface area contributed by atoms with Crippen molar-refractivity contribution in [1.82, 2.24) is 0 Å². The highest BCUT2D eigenvalue weighted by Crippen LogP contribution is 2.37. The average Bonchev–Trinajstić information content (AvgIpc) is 2.74. The van der Waals surface area contributed by atoms with Gasteiger partial charge in [0.1, 0.15) is 0 Å². The van der Waals surface area contributed by atoms with Crippen molar-refractivity contribution in [2.24, 2.45) is 0 Å². The number of amides is 1. The molecule has 3 aromatic rings. The zero-order valence-corrected chi connectivity index (χ0v) is 18.8. The first-order valence-corrected chi connectivity index (χ1v) is 10.6. The highest BCUT2D eigenvalue weighted by Gasteiger charge is 2.15. The number of aryl methyl sites for hydroxylation is 2. The van der Waals surface area contributed by atoms with Crippen molar-refractivity contribution in [3.8, 4) is 11.5 Å². The summed E-state index contributed by atoms with van der Waals surface area (Å²) >= 11 is 6.49. The molecular weight excluding hydrogens is 412 g/mol. The predicted octanol–water partition coefficient (Wildman–Crippen LogP) is 5.99. The van der Waals surface area contributed by atoms with E-state index < -0.39 is 0 Å². The van der Waals surface area contributed by atoms with E-state index in [0.717, 1.165) is 11.3 Å². The van der Waals surface area contributed by atoms with E-state index in [0.29, 0.717) is 35.4 Å². The third-order valence-electron chi connectivity index (χ3n) is 4.65. The summed E-state index contributed by atoms with van der Waals surface area (Å²) in [6.45, 7) is 6.89. The minimum Gasteiger partial charge on any atom is -0.490 e. The van der Waals surface area contributed by atoms with Crippen LogP contribution in [0, 0.1) is 13.8 Å². The monoisotopic (exact) mass is 438 g/mol. The molecule has 0 fully saturated rings. The van der Waals surface area contributed by atoms with Crippen LogP contribution in [0.1, 0.15) is 23.6 Å². The number of benzene rings is 3. The van der Waals surface area contributed by atoms with Crippen LogP contribution in [-0.2, 0) is 11.3 Å². The van der Waals surface area contributed by atoms with Crippen LogP contribution in [0.15, 0.2) is 60.7 Å². The Balaban J connectivity index is 1.69. The first-order chi connectivity index (χ1) is 15.0. The van der Waals surface area contributed by atoms with Gasteiger partial charge in [0.05, 0.1) is 11.6 Å². The highest BCUT2D eigenvalue weighted by molar-refractivity contribution is 6.32. The van der Waals surface area contributed by atoms with E-state index in [1.54, 1.807) is 0 Å². The Bertz CT molecular complexity index is 1040. The molecule has 0 aliphatic rings. The summed E-state index contributed by atoms with van der Waals surface area (Å²) in [6.07, 6.45) is 0. The molecule has 0 heterocycles. The molecule has 1 amide bonds. The third kappa shape index (κ3) is 6.40. The quantitative estimate of drug-likeness (QED) is 0.431. The summed E-state index contributed by atoms with van der Waals surface area (Å²) in [7, 11) is 0. The van der Waals surface area contributed by atoms with Crippen LogP contribution >= 0.6 is 11.6 Å². The zero-order valence-electron chi connectivity index (χ0n) is 18.0. The van der Waals surface area contributed by atoms with Crippen molar-refractivity contribution in [3.05, 3.63) is 82.4 Å². The lowest BCUT2D eigenvalue weighted by Crippen LogP contribution is -2.20. The Labute approximate surface area is 188 Å². The second kappa shape index (κ2) is 10.7. The fraction of sp³-hybridized carbons (Fsp3) is 0.240. The van der Waals surface area contributed by atoms with Gasteiger partial charge in [-0.15, -0.1) is 0 Å². The van der Waals surface area contributed by atoms with Crippen molar-refractivity contribution in [2.45, 2.75) is 27.3 Å². The number of ether oxygens (including phenoxy) is 2. The minimum atomic E-state index is -0.273. The number of hydrogen-bond donors (Lipinski definition) is 2. The molecule has 0 unspecified atom stereocenters. The molecule has 6 heteroatoms. The van der Waals surface area contributed by atoms with Crippen LogP contribution in [0.5, 0.6) is 11.5 Å². The first kappa shape index (κ1) is 22.5. The molecule has 0 aliphatic heterocycles. The Morgan fingerprint density at radius 2 is 1.77 bits per heavy atom. The summed E-state index contributed by atoms with van der Waals surface area (Å²) in [5.74, 6) is 0.605. The molecule has 0 atom stereocenters. The van der Waals surface area contributed by atoms with Gasteiger partial charge in [-0.1, -0.05) is 41.9 Å². The molecule has 0 bridgehead atoms. The van der Waals surface area contributed by atoms with Gasteiger partial charge >= 0.3 is 0 Å². The molecule has 2 N–H and O–H groups in total. The van der Waals surface area contributed by atoms with Gasteiger partial charge in [-0.05, 0) is 67.8 Å². The van der Waals surface area contributed by atoms with Crippen molar-refractivity contribution in [3.63, 3.8) is 0 Å². The number of carbonyl (C=O) groups excluding carboxylic acids is 1. The molecule has 0 aromatic heterocycles. The maximum atomic E-state index is 12.2. The van der Waals surface area contributed by atoms with Gasteiger partial charge in [-0.25, -0.2) is 0 Å². The second-order valence-electron chi connectivity index (χ2n) is 7.21. The summed E-state index contributed by atoms with van der Waals surface area (Å²) in [5, 5.41) is 6.63. The number of rotatable bonds is 9. The molecule has 5 nitrogen and oxygen atoms in total. The van der Waals surface area contributed by atoms with Crippen molar-refractivity contribution in [2.75, 3.05) is 23.8 Å². The maximum absolute atomic E-state index is 12.2. The Morgan fingerprint density at radius 3 is 2.52 bits per heavy atom. The van der Waals surface area contributed by atoms with Gasteiger partial charge in [0.2, 0.25) is 0 Å². The van der Waals surface area contributed by atoms with E-state index >= 15 is 0 Å².